The highest BCUT2D eigenvalue weighted by Crippen LogP contribution is 2.32. The Labute approximate surface area is 223 Å². The lowest BCUT2D eigenvalue weighted by Crippen LogP contribution is -2.26. The van der Waals surface area contributed by atoms with Crippen LogP contribution in [0, 0.1) is 6.92 Å². The second-order valence-electron chi connectivity index (χ2n) is 9.36. The van der Waals surface area contributed by atoms with Gasteiger partial charge in [-0.3, -0.25) is 14.3 Å². The first-order chi connectivity index (χ1) is 17.9. The second-order valence-corrected chi connectivity index (χ2v) is 9.80. The molecule has 0 aliphatic carbocycles. The number of hydrogen-bond acceptors (Lipinski definition) is 6. The van der Waals surface area contributed by atoms with E-state index < -0.39 is 0 Å². The van der Waals surface area contributed by atoms with Crippen molar-refractivity contribution < 1.29 is 14.1 Å². The quantitative estimate of drug-likeness (QED) is 0.207. The Balaban J connectivity index is 1.65. The van der Waals surface area contributed by atoms with Crippen LogP contribution >= 0.6 is 11.6 Å². The predicted octanol–water partition coefficient (Wildman–Crippen LogP) is 6.68. The molecule has 4 rings (SSSR count). The van der Waals surface area contributed by atoms with Gasteiger partial charge in [0, 0.05) is 21.7 Å². The minimum atomic E-state index is -0.121. The molecule has 0 aliphatic rings. The Hall–Kier alpha value is -3.16. The number of methoxy groups -OCH3 is 1. The Morgan fingerprint density at radius 3 is 2.43 bits per heavy atom. The number of carbonyl (C=O) groups is 1. The first-order valence-corrected chi connectivity index (χ1v) is 13.3. The van der Waals surface area contributed by atoms with Crippen LogP contribution in [-0.4, -0.2) is 45.7 Å². The zero-order chi connectivity index (χ0) is 26.4. The van der Waals surface area contributed by atoms with Crippen molar-refractivity contribution in [2.24, 2.45) is 0 Å². The van der Waals surface area contributed by atoms with E-state index >= 15 is 0 Å². The van der Waals surface area contributed by atoms with Crippen LogP contribution < -0.4 is 4.74 Å². The van der Waals surface area contributed by atoms with Gasteiger partial charge in [-0.25, -0.2) is 0 Å². The van der Waals surface area contributed by atoms with Crippen LogP contribution in [0.1, 0.15) is 72.9 Å². The van der Waals surface area contributed by atoms with Gasteiger partial charge in [-0.1, -0.05) is 43.4 Å². The molecule has 0 N–H and O–H groups in total. The van der Waals surface area contributed by atoms with Crippen molar-refractivity contribution in [3.05, 3.63) is 76.0 Å². The fourth-order valence-corrected chi connectivity index (χ4v) is 4.73. The maximum Gasteiger partial charge on any atom is 0.262 e. The summed E-state index contributed by atoms with van der Waals surface area (Å²) in [5.41, 5.74) is 3.15. The molecule has 0 unspecified atom stereocenters. The molecule has 0 bridgehead atoms. The van der Waals surface area contributed by atoms with Crippen LogP contribution in [0.4, 0.5) is 0 Å². The van der Waals surface area contributed by atoms with Gasteiger partial charge in [-0.05, 0) is 80.9 Å². The molecule has 37 heavy (non-hydrogen) atoms. The maximum atomic E-state index is 13.5. The average molecular weight is 523 g/mol. The van der Waals surface area contributed by atoms with Crippen molar-refractivity contribution >= 4 is 28.4 Å². The van der Waals surface area contributed by atoms with E-state index in [1.807, 2.05) is 25.1 Å². The van der Waals surface area contributed by atoms with Crippen molar-refractivity contribution in [1.82, 2.24) is 19.6 Å². The lowest BCUT2D eigenvalue weighted by Gasteiger charge is -2.19. The predicted molar refractivity (Wildman–Crippen MR) is 147 cm³/mol. The Bertz CT molecular complexity index is 1340. The smallest absolute Gasteiger partial charge is 0.262 e. The lowest BCUT2D eigenvalue weighted by atomic mass is 10.1. The standard InChI is InChI=1S/C29H35ClN4O3/c1-5-7-15-33(16-8-6-2)19-27-31-28(37-32-27)18-24-20(3)34(26-14-13-23(36-4)17-25(24)26)29(35)21-9-11-22(30)12-10-21/h9-14,17H,5-8,15-16,18-19H2,1-4H3. The molecule has 7 nitrogen and oxygen atoms in total. The van der Waals surface area contributed by atoms with E-state index in [0.717, 1.165) is 66.7 Å². The number of fused-ring (bicyclic) bond motifs is 1. The fraction of sp³-hybridized carbons (Fsp3) is 0.414. The number of unbranched alkanes of at least 4 members (excludes halogenated alkanes) is 2. The zero-order valence-corrected chi connectivity index (χ0v) is 22.8. The van der Waals surface area contributed by atoms with Crippen LogP contribution in [0.25, 0.3) is 10.9 Å². The normalized spacial score (nSPS) is 11.5. The molecule has 0 amide bonds. The molecule has 196 valence electrons. The molecule has 0 saturated carbocycles. The highest BCUT2D eigenvalue weighted by atomic mass is 35.5. The van der Waals surface area contributed by atoms with Crippen molar-refractivity contribution in [1.29, 1.82) is 0 Å². The molecule has 0 fully saturated rings. The fourth-order valence-electron chi connectivity index (χ4n) is 4.61. The summed E-state index contributed by atoms with van der Waals surface area (Å²) in [5.74, 6) is 1.83. The Morgan fingerprint density at radius 2 is 1.78 bits per heavy atom. The minimum absolute atomic E-state index is 0.121. The van der Waals surface area contributed by atoms with Crippen LogP contribution in [0.15, 0.2) is 47.0 Å². The van der Waals surface area contributed by atoms with E-state index in [1.165, 1.54) is 0 Å². The molecule has 2 aromatic carbocycles. The van der Waals surface area contributed by atoms with E-state index in [9.17, 15) is 4.79 Å². The van der Waals surface area contributed by atoms with E-state index in [4.69, 9.17) is 25.8 Å². The molecule has 0 atom stereocenters. The number of nitrogens with zero attached hydrogens (tertiary/aromatic N) is 4. The highest BCUT2D eigenvalue weighted by Gasteiger charge is 2.22. The van der Waals surface area contributed by atoms with Gasteiger partial charge in [0.1, 0.15) is 5.75 Å². The molecular formula is C29H35ClN4O3. The first kappa shape index (κ1) is 26.9. The highest BCUT2D eigenvalue weighted by molar-refractivity contribution is 6.30. The van der Waals surface area contributed by atoms with E-state index in [0.29, 0.717) is 35.3 Å². The van der Waals surface area contributed by atoms with Crippen LogP contribution in [-0.2, 0) is 13.0 Å². The Kier molecular flexibility index (Phi) is 9.00. The number of ether oxygens (including phenoxy) is 1. The molecule has 2 aromatic heterocycles. The SMILES string of the molecule is CCCCN(CCCC)Cc1noc(Cc2c(C)n(C(=O)c3ccc(Cl)cc3)c3ccc(OC)cc23)n1. The van der Waals surface area contributed by atoms with E-state index in [2.05, 4.69) is 23.9 Å². The number of aromatic nitrogens is 3. The molecule has 0 spiro atoms. The van der Waals surface area contributed by atoms with Crippen molar-refractivity contribution in [2.45, 2.75) is 59.4 Å². The summed E-state index contributed by atoms with van der Waals surface area (Å²) in [6, 6.07) is 12.7. The average Bonchev–Trinajstić information content (AvgIpc) is 3.46. The monoisotopic (exact) mass is 522 g/mol. The second kappa shape index (κ2) is 12.4. The van der Waals surface area contributed by atoms with E-state index in [-0.39, 0.29) is 5.91 Å². The third kappa shape index (κ3) is 6.22. The largest absolute Gasteiger partial charge is 0.497 e. The molecule has 4 aromatic rings. The summed E-state index contributed by atoms with van der Waals surface area (Å²) in [4.78, 5) is 20.7. The van der Waals surface area contributed by atoms with E-state index in [1.54, 1.807) is 35.9 Å². The van der Waals surface area contributed by atoms with Crippen molar-refractivity contribution in [3.63, 3.8) is 0 Å². The van der Waals surface area contributed by atoms with Crippen LogP contribution in [0.3, 0.4) is 0 Å². The summed E-state index contributed by atoms with van der Waals surface area (Å²) in [6.45, 7) is 9.09. The third-order valence-electron chi connectivity index (χ3n) is 6.70. The number of rotatable bonds is 12. The van der Waals surface area contributed by atoms with Gasteiger partial charge in [0.15, 0.2) is 5.82 Å². The van der Waals surface area contributed by atoms with Gasteiger partial charge in [0.05, 0.1) is 25.6 Å². The van der Waals surface area contributed by atoms with Crippen molar-refractivity contribution in [2.75, 3.05) is 20.2 Å². The molecule has 8 heteroatoms. The maximum absolute atomic E-state index is 13.5. The van der Waals surface area contributed by atoms with Gasteiger partial charge < -0.3 is 9.26 Å². The number of benzene rings is 2. The number of hydrogen-bond donors (Lipinski definition) is 0. The zero-order valence-electron chi connectivity index (χ0n) is 22.1. The van der Waals surface area contributed by atoms with Crippen LogP contribution in [0.2, 0.25) is 5.02 Å². The van der Waals surface area contributed by atoms with Gasteiger partial charge in [-0.15, -0.1) is 0 Å². The molecular weight excluding hydrogens is 488 g/mol. The van der Waals surface area contributed by atoms with Gasteiger partial charge >= 0.3 is 0 Å². The number of carbonyl (C=O) groups excluding carboxylic acids is 1. The summed E-state index contributed by atoms with van der Waals surface area (Å²) in [6.07, 6.45) is 5.03. The summed E-state index contributed by atoms with van der Waals surface area (Å²) in [7, 11) is 1.64. The molecule has 2 heterocycles. The topological polar surface area (TPSA) is 73.4 Å². The summed E-state index contributed by atoms with van der Waals surface area (Å²) >= 11 is 6.04. The molecule has 0 saturated heterocycles. The minimum Gasteiger partial charge on any atom is -0.497 e. The third-order valence-corrected chi connectivity index (χ3v) is 6.95. The van der Waals surface area contributed by atoms with Gasteiger partial charge in [0.25, 0.3) is 5.91 Å². The van der Waals surface area contributed by atoms with Gasteiger partial charge in [0.2, 0.25) is 5.89 Å². The Morgan fingerprint density at radius 1 is 1.08 bits per heavy atom. The molecule has 0 radical (unpaired) electrons. The first-order valence-electron chi connectivity index (χ1n) is 13.0. The lowest BCUT2D eigenvalue weighted by molar-refractivity contribution is 0.0963. The van der Waals surface area contributed by atoms with Crippen molar-refractivity contribution in [3.8, 4) is 5.75 Å². The number of halogens is 1. The molecule has 0 aliphatic heterocycles. The summed E-state index contributed by atoms with van der Waals surface area (Å²) < 4.78 is 12.9. The summed E-state index contributed by atoms with van der Waals surface area (Å²) in [5, 5.41) is 5.78. The van der Waals surface area contributed by atoms with Crippen LogP contribution in [0.5, 0.6) is 5.75 Å². The van der Waals surface area contributed by atoms with Gasteiger partial charge in [-0.2, -0.15) is 4.98 Å².